The van der Waals surface area contributed by atoms with Gasteiger partial charge in [0.15, 0.2) is 16.9 Å². The lowest BCUT2D eigenvalue weighted by Gasteiger charge is -2.00. The number of furan rings is 1. The lowest BCUT2D eigenvalue weighted by atomic mass is 10.1. The van der Waals surface area contributed by atoms with Gasteiger partial charge in [-0.2, -0.15) is 0 Å². The molecule has 0 radical (unpaired) electrons. The third-order valence-electron chi connectivity index (χ3n) is 4.72. The van der Waals surface area contributed by atoms with Crippen molar-refractivity contribution in [3.05, 3.63) is 70.2 Å². The molecule has 5 rings (SSSR count). The largest absolute Gasteiger partial charge is 0.504 e. The predicted molar refractivity (Wildman–Crippen MR) is 110 cm³/mol. The minimum Gasteiger partial charge on any atom is -0.504 e. The van der Waals surface area contributed by atoms with Crippen LogP contribution in [-0.2, 0) is 6.42 Å². The van der Waals surface area contributed by atoms with Gasteiger partial charge >= 0.3 is 5.97 Å². The number of phenols is 1. The number of ketones is 1. The molecule has 30 heavy (non-hydrogen) atoms. The van der Waals surface area contributed by atoms with Crippen molar-refractivity contribution in [1.82, 2.24) is 4.98 Å². The van der Waals surface area contributed by atoms with Crippen LogP contribution in [-0.4, -0.2) is 26.9 Å². The lowest BCUT2D eigenvalue weighted by molar-refractivity contribution is 0.0697. The van der Waals surface area contributed by atoms with E-state index in [1.807, 2.05) is 0 Å². The summed E-state index contributed by atoms with van der Waals surface area (Å²) in [6.45, 7) is 0. The van der Waals surface area contributed by atoms with E-state index in [2.05, 4.69) is 4.98 Å². The van der Waals surface area contributed by atoms with Crippen LogP contribution in [0.5, 0.6) is 5.75 Å². The van der Waals surface area contributed by atoms with E-state index in [0.29, 0.717) is 32.7 Å². The number of aromatic nitrogens is 1. The van der Waals surface area contributed by atoms with Crippen LogP contribution in [0.1, 0.15) is 25.9 Å². The molecule has 0 saturated carbocycles. The van der Waals surface area contributed by atoms with E-state index < -0.39 is 11.8 Å². The summed E-state index contributed by atoms with van der Waals surface area (Å²) in [5.74, 6) is -1.37. The van der Waals surface area contributed by atoms with Gasteiger partial charge in [-0.05, 0) is 24.3 Å². The molecule has 3 heterocycles. The molecule has 0 amide bonds. The summed E-state index contributed by atoms with van der Waals surface area (Å²) in [4.78, 5) is 29.2. The van der Waals surface area contributed by atoms with Crippen molar-refractivity contribution in [3.63, 3.8) is 0 Å². The van der Waals surface area contributed by atoms with Crippen molar-refractivity contribution >= 4 is 45.2 Å². The van der Waals surface area contributed by atoms with Gasteiger partial charge in [0.25, 0.3) is 5.89 Å². The number of carboxylic acids is 1. The van der Waals surface area contributed by atoms with Crippen LogP contribution >= 0.6 is 11.3 Å². The standard InChI is InChI=1S/C22H13NO6S/c24-14-6-3-4-11-8-17(28-20(11)14)12-10-30-18(19(12)22(26)27)9-15(25)21-23-13-5-1-2-7-16(13)29-21/h1-8,10,24H,9H2,(H,26,27). The Morgan fingerprint density at radius 3 is 2.67 bits per heavy atom. The predicted octanol–water partition coefficient (Wildman–Crippen LogP) is 5.13. The zero-order valence-corrected chi connectivity index (χ0v) is 16.1. The quantitative estimate of drug-likeness (QED) is 0.380. The fourth-order valence-corrected chi connectivity index (χ4v) is 4.36. The van der Waals surface area contributed by atoms with Gasteiger partial charge in [-0.3, -0.25) is 4.79 Å². The maximum Gasteiger partial charge on any atom is 0.337 e. The smallest absolute Gasteiger partial charge is 0.337 e. The molecule has 0 bridgehead atoms. The number of fused-ring (bicyclic) bond motifs is 2. The van der Waals surface area contributed by atoms with Gasteiger partial charge in [0.05, 0.1) is 12.0 Å². The number of hydrogen-bond donors (Lipinski definition) is 2. The van der Waals surface area contributed by atoms with Crippen LogP contribution in [0.3, 0.4) is 0 Å². The van der Waals surface area contributed by atoms with E-state index in [1.54, 1.807) is 47.8 Å². The minimum atomic E-state index is -1.17. The number of carboxylic acid groups (broad SMARTS) is 1. The van der Waals surface area contributed by atoms with Gasteiger partial charge in [0, 0.05) is 21.2 Å². The van der Waals surface area contributed by atoms with Gasteiger partial charge in [-0.25, -0.2) is 9.78 Å². The summed E-state index contributed by atoms with van der Waals surface area (Å²) in [6, 6.07) is 13.6. The normalized spacial score (nSPS) is 11.3. The second-order valence-electron chi connectivity index (χ2n) is 6.65. The maximum atomic E-state index is 12.7. The van der Waals surface area contributed by atoms with Crippen LogP contribution in [0, 0.1) is 0 Å². The van der Waals surface area contributed by atoms with E-state index in [1.165, 1.54) is 6.07 Å². The number of aromatic carboxylic acids is 1. The Hall–Kier alpha value is -3.91. The first-order chi connectivity index (χ1) is 14.5. The Kier molecular flexibility index (Phi) is 4.14. The van der Waals surface area contributed by atoms with Crippen molar-refractivity contribution in [2.75, 3.05) is 0 Å². The molecule has 0 aliphatic carbocycles. The van der Waals surface area contributed by atoms with E-state index in [4.69, 9.17) is 8.83 Å². The van der Waals surface area contributed by atoms with E-state index in [9.17, 15) is 19.8 Å². The number of nitrogens with zero attached hydrogens (tertiary/aromatic N) is 1. The van der Waals surface area contributed by atoms with Crippen molar-refractivity contribution in [2.45, 2.75) is 6.42 Å². The van der Waals surface area contributed by atoms with Crippen molar-refractivity contribution in [3.8, 4) is 17.1 Å². The molecule has 8 heteroatoms. The van der Waals surface area contributed by atoms with Crippen LogP contribution < -0.4 is 0 Å². The topological polar surface area (TPSA) is 114 Å². The highest BCUT2D eigenvalue weighted by Gasteiger charge is 2.25. The Bertz CT molecular complexity index is 1410. The zero-order chi connectivity index (χ0) is 20.8. The molecule has 2 N–H and O–H groups in total. The summed E-state index contributed by atoms with van der Waals surface area (Å²) in [7, 11) is 0. The average molecular weight is 419 g/mol. The SMILES string of the molecule is O=C(Cc1scc(-c2cc3cccc(O)c3o2)c1C(=O)O)c1nc2ccccc2o1. The number of carbonyl (C=O) groups excluding carboxylic acids is 1. The number of hydrogen-bond acceptors (Lipinski definition) is 7. The average Bonchev–Trinajstić information content (AvgIpc) is 3.44. The number of rotatable bonds is 5. The van der Waals surface area contributed by atoms with Gasteiger partial charge in [0.2, 0.25) is 5.78 Å². The highest BCUT2D eigenvalue weighted by Crippen LogP contribution is 2.38. The van der Waals surface area contributed by atoms with Crippen molar-refractivity contribution in [1.29, 1.82) is 0 Å². The van der Waals surface area contributed by atoms with E-state index in [0.717, 1.165) is 11.3 Å². The molecule has 0 fully saturated rings. The van der Waals surface area contributed by atoms with Crippen LogP contribution in [0.2, 0.25) is 0 Å². The van der Waals surface area contributed by atoms with Crippen molar-refractivity contribution < 1.29 is 28.6 Å². The number of benzene rings is 2. The minimum absolute atomic E-state index is 0.0111. The molecule has 148 valence electrons. The fraction of sp³-hybridized carbons (Fsp3) is 0.0455. The number of phenolic OH excluding ortho intramolecular Hbond substituents is 1. The molecule has 7 nitrogen and oxygen atoms in total. The molecule has 0 unspecified atom stereocenters. The zero-order valence-electron chi connectivity index (χ0n) is 15.3. The molecule has 3 aromatic heterocycles. The summed E-state index contributed by atoms with van der Waals surface area (Å²) >= 11 is 1.15. The Morgan fingerprint density at radius 2 is 1.90 bits per heavy atom. The molecule has 0 aliphatic heterocycles. The van der Waals surface area contributed by atoms with Crippen LogP contribution in [0.4, 0.5) is 0 Å². The number of Topliss-reactive ketones (excluding diaryl/α,β-unsaturated/α-hetero) is 1. The number of thiophene rings is 1. The summed E-state index contributed by atoms with van der Waals surface area (Å²) in [6.07, 6.45) is -0.162. The van der Waals surface area contributed by atoms with E-state index in [-0.39, 0.29) is 29.2 Å². The highest BCUT2D eigenvalue weighted by molar-refractivity contribution is 7.11. The van der Waals surface area contributed by atoms with Gasteiger partial charge in [-0.1, -0.05) is 24.3 Å². The Labute approximate surface area is 172 Å². The van der Waals surface area contributed by atoms with Crippen molar-refractivity contribution in [2.24, 2.45) is 0 Å². The number of carbonyl (C=O) groups is 2. The second-order valence-corrected chi connectivity index (χ2v) is 7.61. The fourth-order valence-electron chi connectivity index (χ4n) is 3.34. The second kappa shape index (κ2) is 6.85. The molecule has 0 aliphatic rings. The lowest BCUT2D eigenvalue weighted by Crippen LogP contribution is -2.07. The Morgan fingerprint density at radius 1 is 1.07 bits per heavy atom. The van der Waals surface area contributed by atoms with Gasteiger partial charge in [0.1, 0.15) is 11.3 Å². The molecule has 2 aromatic carbocycles. The molecule has 0 saturated heterocycles. The van der Waals surface area contributed by atoms with Crippen LogP contribution in [0.25, 0.3) is 33.4 Å². The summed E-state index contributed by atoms with van der Waals surface area (Å²) in [5, 5.41) is 22.0. The third kappa shape index (κ3) is 2.94. The highest BCUT2D eigenvalue weighted by atomic mass is 32.1. The van der Waals surface area contributed by atoms with Gasteiger partial charge in [-0.15, -0.1) is 11.3 Å². The number of aromatic hydroxyl groups is 1. The summed E-state index contributed by atoms with van der Waals surface area (Å²) < 4.78 is 11.2. The molecule has 5 aromatic rings. The number of para-hydroxylation sites is 3. The Balaban J connectivity index is 1.53. The molecular weight excluding hydrogens is 406 g/mol. The third-order valence-corrected chi connectivity index (χ3v) is 5.71. The van der Waals surface area contributed by atoms with Crippen LogP contribution in [0.15, 0.2) is 62.7 Å². The first-order valence-corrected chi connectivity index (χ1v) is 9.83. The molecular formula is C22H13NO6S. The van der Waals surface area contributed by atoms with Gasteiger partial charge < -0.3 is 19.0 Å². The number of oxazole rings is 1. The first kappa shape index (κ1) is 18.1. The molecule has 0 atom stereocenters. The van der Waals surface area contributed by atoms with E-state index >= 15 is 0 Å². The summed E-state index contributed by atoms with van der Waals surface area (Å²) in [5.41, 5.74) is 1.67. The maximum absolute atomic E-state index is 12.7. The monoisotopic (exact) mass is 419 g/mol. The molecule has 0 spiro atoms. The first-order valence-electron chi connectivity index (χ1n) is 8.95.